The van der Waals surface area contributed by atoms with E-state index in [0.29, 0.717) is 35.2 Å². The minimum absolute atomic E-state index is 0.221. The molecule has 3 heterocycles. The molecular weight excluding hydrogens is 330 g/mol. The highest BCUT2D eigenvalue weighted by Crippen LogP contribution is 2.21. The van der Waals surface area contributed by atoms with E-state index in [4.69, 9.17) is 10.2 Å². The van der Waals surface area contributed by atoms with E-state index in [-0.39, 0.29) is 5.91 Å². The largest absolute Gasteiger partial charge is 0.458 e. The molecule has 0 aliphatic carbocycles. The van der Waals surface area contributed by atoms with Crippen molar-refractivity contribution in [3.05, 3.63) is 71.5 Å². The summed E-state index contributed by atoms with van der Waals surface area (Å²) in [4.78, 5) is 16.9. The quantitative estimate of drug-likeness (QED) is 0.591. The van der Waals surface area contributed by atoms with Gasteiger partial charge in [0.15, 0.2) is 11.4 Å². The Balaban J connectivity index is 1.60. The molecule has 0 unspecified atom stereocenters. The first-order valence-corrected chi connectivity index (χ1v) is 8.15. The lowest BCUT2D eigenvalue weighted by Gasteiger charge is -2.06. The Labute approximate surface area is 149 Å². The van der Waals surface area contributed by atoms with Crippen LogP contribution in [0.25, 0.3) is 17.2 Å². The third-order valence-electron chi connectivity index (χ3n) is 3.98. The van der Waals surface area contributed by atoms with Crippen LogP contribution in [0, 0.1) is 6.92 Å². The van der Waals surface area contributed by atoms with Crippen LogP contribution in [0.2, 0.25) is 0 Å². The fraction of sp³-hybridized carbons (Fsp3) is 0.105. The number of hydrogen-bond donors (Lipinski definition) is 2. The summed E-state index contributed by atoms with van der Waals surface area (Å²) in [6.07, 6.45) is 0. The van der Waals surface area contributed by atoms with E-state index in [1.54, 1.807) is 18.2 Å². The second-order valence-corrected chi connectivity index (χ2v) is 5.95. The van der Waals surface area contributed by atoms with Crippen molar-refractivity contribution >= 4 is 17.4 Å². The summed E-state index contributed by atoms with van der Waals surface area (Å²) in [7, 11) is 0. The molecule has 7 heteroatoms. The Morgan fingerprint density at radius 3 is 2.73 bits per heavy atom. The van der Waals surface area contributed by atoms with Crippen molar-refractivity contribution < 1.29 is 9.21 Å². The second-order valence-electron chi connectivity index (χ2n) is 5.95. The van der Waals surface area contributed by atoms with E-state index in [1.807, 2.05) is 43.3 Å². The maximum absolute atomic E-state index is 12.5. The van der Waals surface area contributed by atoms with Gasteiger partial charge in [-0.2, -0.15) is 4.52 Å². The number of carbonyl (C=O) groups excluding carboxylic acids is 1. The summed E-state index contributed by atoms with van der Waals surface area (Å²) in [5.74, 6) is 1.86. The summed E-state index contributed by atoms with van der Waals surface area (Å²) >= 11 is 0. The fourth-order valence-corrected chi connectivity index (χ4v) is 2.68. The number of benzene rings is 1. The van der Waals surface area contributed by atoms with Crippen molar-refractivity contribution in [3.63, 3.8) is 0 Å². The Morgan fingerprint density at radius 2 is 2.00 bits per heavy atom. The van der Waals surface area contributed by atoms with Gasteiger partial charge in [0, 0.05) is 12.1 Å². The summed E-state index contributed by atoms with van der Waals surface area (Å²) in [6, 6.07) is 16.6. The molecule has 3 aromatic heterocycles. The van der Waals surface area contributed by atoms with Crippen LogP contribution in [0.5, 0.6) is 0 Å². The lowest BCUT2D eigenvalue weighted by molar-refractivity contribution is 0.0951. The molecule has 0 spiro atoms. The molecule has 26 heavy (non-hydrogen) atoms. The number of rotatable bonds is 4. The van der Waals surface area contributed by atoms with Crippen LogP contribution in [0.15, 0.2) is 59.0 Å². The smallest absolute Gasteiger partial charge is 0.251 e. The zero-order valence-corrected chi connectivity index (χ0v) is 14.1. The van der Waals surface area contributed by atoms with Crippen molar-refractivity contribution in [2.75, 3.05) is 5.73 Å². The lowest BCUT2D eigenvalue weighted by atomic mass is 10.2. The molecule has 0 fully saturated rings. The SMILES string of the molecule is Cc1ccc(-c2nc3cc(C(=O)NCc4ccccc4)cc(N)n3n2)o1. The molecular formula is C19H17N5O2. The first-order valence-electron chi connectivity index (χ1n) is 8.15. The predicted octanol–water partition coefficient (Wildman–Crippen LogP) is 2.81. The fourth-order valence-electron chi connectivity index (χ4n) is 2.68. The third-order valence-corrected chi connectivity index (χ3v) is 3.98. The Morgan fingerprint density at radius 1 is 1.19 bits per heavy atom. The molecule has 1 aromatic carbocycles. The molecule has 0 aliphatic heterocycles. The average molecular weight is 347 g/mol. The van der Waals surface area contributed by atoms with E-state index >= 15 is 0 Å². The maximum atomic E-state index is 12.5. The summed E-state index contributed by atoms with van der Waals surface area (Å²) in [5, 5.41) is 7.22. The van der Waals surface area contributed by atoms with Crippen molar-refractivity contribution in [1.29, 1.82) is 0 Å². The third kappa shape index (κ3) is 3.02. The molecule has 0 atom stereocenters. The van der Waals surface area contributed by atoms with Gasteiger partial charge in [-0.15, -0.1) is 5.10 Å². The van der Waals surface area contributed by atoms with E-state index in [2.05, 4.69) is 15.4 Å². The van der Waals surface area contributed by atoms with Crippen molar-refractivity contribution in [2.24, 2.45) is 0 Å². The molecule has 0 saturated carbocycles. The first kappa shape index (κ1) is 15.9. The summed E-state index contributed by atoms with van der Waals surface area (Å²) in [5.41, 5.74) is 7.99. The topological polar surface area (TPSA) is 98.5 Å². The number of nitrogens with zero attached hydrogens (tertiary/aromatic N) is 3. The van der Waals surface area contributed by atoms with E-state index in [9.17, 15) is 4.79 Å². The van der Waals surface area contributed by atoms with Crippen LogP contribution in [0.3, 0.4) is 0 Å². The highest BCUT2D eigenvalue weighted by atomic mass is 16.3. The van der Waals surface area contributed by atoms with Crippen molar-refractivity contribution in [3.8, 4) is 11.6 Å². The number of fused-ring (bicyclic) bond motifs is 1. The standard InChI is InChI=1S/C19H17N5O2/c1-12-7-8-15(26-12)18-22-17-10-14(9-16(20)24(17)23-18)19(25)21-11-13-5-3-2-4-6-13/h2-10H,11,20H2,1H3,(H,21,25). The highest BCUT2D eigenvalue weighted by molar-refractivity contribution is 5.95. The van der Waals surface area contributed by atoms with Gasteiger partial charge in [-0.3, -0.25) is 4.79 Å². The Bertz CT molecular complexity index is 1080. The number of anilines is 1. The van der Waals surface area contributed by atoms with Gasteiger partial charge in [0.1, 0.15) is 11.6 Å². The van der Waals surface area contributed by atoms with Gasteiger partial charge in [0.25, 0.3) is 5.91 Å². The Kier molecular flexibility index (Phi) is 3.89. The minimum Gasteiger partial charge on any atom is -0.458 e. The van der Waals surface area contributed by atoms with Crippen LogP contribution in [-0.4, -0.2) is 20.5 Å². The maximum Gasteiger partial charge on any atom is 0.251 e. The number of furan rings is 1. The normalized spacial score (nSPS) is 11.0. The number of aryl methyl sites for hydroxylation is 1. The van der Waals surface area contributed by atoms with Gasteiger partial charge < -0.3 is 15.5 Å². The monoisotopic (exact) mass is 347 g/mol. The van der Waals surface area contributed by atoms with Gasteiger partial charge in [-0.05, 0) is 36.8 Å². The van der Waals surface area contributed by atoms with Gasteiger partial charge in [-0.1, -0.05) is 30.3 Å². The molecule has 1 amide bonds. The molecule has 0 radical (unpaired) electrons. The zero-order chi connectivity index (χ0) is 18.1. The lowest BCUT2D eigenvalue weighted by Crippen LogP contribution is -2.23. The molecule has 0 aliphatic rings. The number of nitrogen functional groups attached to an aromatic ring is 1. The molecule has 4 rings (SSSR count). The number of aromatic nitrogens is 3. The van der Waals surface area contributed by atoms with Gasteiger partial charge in [0.2, 0.25) is 5.82 Å². The Hall–Kier alpha value is -3.61. The van der Waals surface area contributed by atoms with Crippen molar-refractivity contribution in [2.45, 2.75) is 13.5 Å². The van der Waals surface area contributed by atoms with E-state index in [0.717, 1.165) is 11.3 Å². The van der Waals surface area contributed by atoms with E-state index in [1.165, 1.54) is 4.52 Å². The van der Waals surface area contributed by atoms with Crippen LogP contribution in [0.1, 0.15) is 21.7 Å². The molecule has 7 nitrogen and oxygen atoms in total. The average Bonchev–Trinajstić information content (AvgIpc) is 3.27. The molecule has 3 N–H and O–H groups in total. The number of amides is 1. The summed E-state index contributed by atoms with van der Waals surface area (Å²) in [6.45, 7) is 2.29. The number of pyridine rings is 1. The number of nitrogens with one attached hydrogen (secondary N) is 1. The van der Waals surface area contributed by atoms with Gasteiger partial charge in [-0.25, -0.2) is 4.98 Å². The van der Waals surface area contributed by atoms with Crippen LogP contribution in [0.4, 0.5) is 5.82 Å². The van der Waals surface area contributed by atoms with Crippen LogP contribution >= 0.6 is 0 Å². The molecule has 130 valence electrons. The highest BCUT2D eigenvalue weighted by Gasteiger charge is 2.15. The van der Waals surface area contributed by atoms with Gasteiger partial charge >= 0.3 is 0 Å². The molecule has 0 bridgehead atoms. The number of carbonyl (C=O) groups is 1. The van der Waals surface area contributed by atoms with Crippen LogP contribution in [-0.2, 0) is 6.54 Å². The van der Waals surface area contributed by atoms with Crippen molar-refractivity contribution in [1.82, 2.24) is 19.9 Å². The number of nitrogens with two attached hydrogens (primary N) is 1. The zero-order valence-electron chi connectivity index (χ0n) is 14.1. The van der Waals surface area contributed by atoms with Gasteiger partial charge in [0.05, 0.1) is 0 Å². The number of hydrogen-bond acceptors (Lipinski definition) is 5. The molecule has 0 saturated heterocycles. The van der Waals surface area contributed by atoms with E-state index < -0.39 is 0 Å². The second kappa shape index (κ2) is 6.36. The first-order chi connectivity index (χ1) is 12.6. The summed E-state index contributed by atoms with van der Waals surface area (Å²) < 4.78 is 7.03. The predicted molar refractivity (Wildman–Crippen MR) is 97.5 cm³/mol. The molecule has 4 aromatic rings. The minimum atomic E-state index is -0.221. The van der Waals surface area contributed by atoms with Crippen LogP contribution < -0.4 is 11.1 Å².